The monoisotopic (exact) mass is 920 g/mol. The highest BCUT2D eigenvalue weighted by Crippen LogP contribution is 2.22. The SMILES string of the molecule is CCCCC/C=C/CC/C=C/C(O)C(COC1OC(CO)C(O)C(O)C1O)NC(=O)CCCCCCC/C=C\CCCCOC(=O)CCCCCCCCC/C=C\CCCCCCCC. The van der Waals surface area contributed by atoms with E-state index in [9.17, 15) is 35.1 Å². The van der Waals surface area contributed by atoms with Crippen molar-refractivity contribution in [2.45, 2.75) is 262 Å². The molecule has 0 aliphatic carbocycles. The minimum Gasteiger partial charge on any atom is -0.466 e. The van der Waals surface area contributed by atoms with E-state index in [1.165, 1.54) is 103 Å². The predicted molar refractivity (Wildman–Crippen MR) is 264 cm³/mol. The summed E-state index contributed by atoms with van der Waals surface area (Å²) in [6, 6.07) is -0.848. The van der Waals surface area contributed by atoms with Gasteiger partial charge in [-0.05, 0) is 96.3 Å². The Kier molecular flexibility index (Phi) is 41.2. The van der Waals surface area contributed by atoms with Gasteiger partial charge in [-0.2, -0.15) is 0 Å². The molecule has 0 aromatic heterocycles. The molecule has 7 unspecified atom stereocenters. The molecule has 11 heteroatoms. The van der Waals surface area contributed by atoms with E-state index < -0.39 is 49.5 Å². The third kappa shape index (κ3) is 34.6. The van der Waals surface area contributed by atoms with Crippen molar-refractivity contribution in [3.8, 4) is 0 Å². The second-order valence-corrected chi connectivity index (χ2v) is 18.2. The Morgan fingerprint density at radius 3 is 1.55 bits per heavy atom. The van der Waals surface area contributed by atoms with E-state index in [0.717, 1.165) is 83.5 Å². The molecular weight excluding hydrogens is 823 g/mol. The van der Waals surface area contributed by atoms with E-state index in [1.54, 1.807) is 6.08 Å². The maximum absolute atomic E-state index is 12.9. The number of hydrogen-bond acceptors (Lipinski definition) is 10. The molecule has 378 valence electrons. The van der Waals surface area contributed by atoms with Gasteiger partial charge in [0.1, 0.15) is 24.4 Å². The molecule has 11 nitrogen and oxygen atoms in total. The van der Waals surface area contributed by atoms with Gasteiger partial charge in [-0.15, -0.1) is 0 Å². The summed E-state index contributed by atoms with van der Waals surface area (Å²) in [5.41, 5.74) is 0. The molecular formula is C54H97NO10. The molecule has 1 aliphatic rings. The topological polar surface area (TPSA) is 175 Å². The summed E-state index contributed by atoms with van der Waals surface area (Å²) in [6.45, 7) is 4.14. The molecule has 0 saturated carbocycles. The van der Waals surface area contributed by atoms with E-state index in [-0.39, 0.29) is 18.5 Å². The van der Waals surface area contributed by atoms with Crippen LogP contribution in [0.25, 0.3) is 0 Å². The Morgan fingerprint density at radius 2 is 1.00 bits per heavy atom. The first-order valence-corrected chi connectivity index (χ1v) is 26.4. The van der Waals surface area contributed by atoms with Gasteiger partial charge in [-0.3, -0.25) is 9.59 Å². The van der Waals surface area contributed by atoms with Crippen molar-refractivity contribution in [2.24, 2.45) is 0 Å². The fourth-order valence-electron chi connectivity index (χ4n) is 7.85. The molecule has 0 aromatic rings. The fraction of sp³-hybridized carbons (Fsp3) is 0.815. The van der Waals surface area contributed by atoms with Crippen LogP contribution in [0, 0.1) is 0 Å². The summed E-state index contributed by atoms with van der Waals surface area (Å²) in [6.07, 6.45) is 43.5. The van der Waals surface area contributed by atoms with Crippen LogP contribution in [0.3, 0.4) is 0 Å². The lowest BCUT2D eigenvalue weighted by Gasteiger charge is -2.40. The molecule has 0 spiro atoms. The Labute approximate surface area is 396 Å². The van der Waals surface area contributed by atoms with Gasteiger partial charge < -0.3 is 45.1 Å². The summed E-state index contributed by atoms with van der Waals surface area (Å²) in [5.74, 6) is -0.288. The number of aliphatic hydroxyl groups excluding tert-OH is 5. The number of ether oxygens (including phenoxy) is 3. The maximum Gasteiger partial charge on any atom is 0.305 e. The second-order valence-electron chi connectivity index (χ2n) is 18.2. The van der Waals surface area contributed by atoms with Crippen LogP contribution < -0.4 is 5.32 Å². The molecule has 1 amide bonds. The molecule has 1 saturated heterocycles. The van der Waals surface area contributed by atoms with Gasteiger partial charge in [0.25, 0.3) is 0 Å². The number of aliphatic hydroxyl groups is 5. The minimum atomic E-state index is -1.59. The van der Waals surface area contributed by atoms with Gasteiger partial charge in [0.15, 0.2) is 6.29 Å². The van der Waals surface area contributed by atoms with E-state index in [4.69, 9.17) is 14.2 Å². The highest BCUT2D eigenvalue weighted by atomic mass is 16.7. The minimum absolute atomic E-state index is 0.0631. The lowest BCUT2D eigenvalue weighted by Crippen LogP contribution is -2.60. The molecule has 0 radical (unpaired) electrons. The van der Waals surface area contributed by atoms with E-state index in [0.29, 0.717) is 25.9 Å². The van der Waals surface area contributed by atoms with Gasteiger partial charge in [0.05, 0.1) is 32.0 Å². The Morgan fingerprint density at radius 1 is 0.554 bits per heavy atom. The van der Waals surface area contributed by atoms with Crippen LogP contribution in [0.1, 0.15) is 219 Å². The normalized spacial score (nSPS) is 20.1. The zero-order valence-electron chi connectivity index (χ0n) is 41.2. The fourth-order valence-corrected chi connectivity index (χ4v) is 7.85. The molecule has 65 heavy (non-hydrogen) atoms. The van der Waals surface area contributed by atoms with Gasteiger partial charge in [-0.25, -0.2) is 0 Å². The zero-order chi connectivity index (χ0) is 47.4. The van der Waals surface area contributed by atoms with Crippen molar-refractivity contribution in [3.05, 3.63) is 48.6 Å². The molecule has 6 N–H and O–H groups in total. The largest absolute Gasteiger partial charge is 0.466 e. The van der Waals surface area contributed by atoms with E-state index in [1.807, 2.05) is 6.08 Å². The highest BCUT2D eigenvalue weighted by Gasteiger charge is 2.44. The summed E-state index contributed by atoms with van der Waals surface area (Å²) < 4.78 is 16.6. The average molecular weight is 920 g/mol. The summed E-state index contributed by atoms with van der Waals surface area (Å²) >= 11 is 0. The quantitative estimate of drug-likeness (QED) is 0.0196. The van der Waals surface area contributed by atoms with E-state index >= 15 is 0 Å². The van der Waals surface area contributed by atoms with E-state index in [2.05, 4.69) is 55.6 Å². The molecule has 1 rings (SSSR count). The van der Waals surface area contributed by atoms with Gasteiger partial charge in [-0.1, -0.05) is 159 Å². The van der Waals surface area contributed by atoms with Crippen molar-refractivity contribution in [1.82, 2.24) is 5.32 Å². The van der Waals surface area contributed by atoms with Crippen molar-refractivity contribution in [1.29, 1.82) is 0 Å². The number of unbranched alkanes of at least 4 members (excludes halogenated alkanes) is 24. The first-order chi connectivity index (χ1) is 31.7. The number of rotatable bonds is 44. The molecule has 1 heterocycles. The number of amides is 1. The van der Waals surface area contributed by atoms with Gasteiger partial charge in [0.2, 0.25) is 5.91 Å². The van der Waals surface area contributed by atoms with Crippen LogP contribution in [0.5, 0.6) is 0 Å². The average Bonchev–Trinajstić information content (AvgIpc) is 3.30. The maximum atomic E-state index is 12.9. The van der Waals surface area contributed by atoms with Crippen LogP contribution in [0.4, 0.5) is 0 Å². The van der Waals surface area contributed by atoms with Gasteiger partial charge in [0, 0.05) is 12.8 Å². The number of carbonyl (C=O) groups excluding carboxylic acids is 2. The standard InChI is InChI=1S/C54H97NO10/c1-3-5-7-9-11-13-14-15-16-17-18-19-22-26-30-34-38-42-50(59)63-43-39-35-31-27-23-20-21-25-29-33-37-41-49(58)55-46(47(57)40-36-32-28-24-12-10-8-6-4-2)45-64-54-53(62)52(61)51(60)48(44-56)65-54/h12,15-16,23-24,27,36,40,46-48,51-54,56-57,60-62H,3-11,13-14,17-22,25-26,28-35,37-39,41-45H2,1-2H3,(H,55,58)/b16-15-,24-12+,27-23-,40-36+. The molecule has 1 aliphatic heterocycles. The first-order valence-electron chi connectivity index (χ1n) is 26.4. The number of esters is 1. The van der Waals surface area contributed by atoms with Crippen LogP contribution in [-0.4, -0.2) is 100 Å². The third-order valence-corrected chi connectivity index (χ3v) is 12.1. The predicted octanol–water partition coefficient (Wildman–Crippen LogP) is 10.9. The number of carbonyl (C=O) groups is 2. The summed E-state index contributed by atoms with van der Waals surface area (Å²) in [7, 11) is 0. The van der Waals surface area contributed by atoms with Crippen molar-refractivity contribution < 1.29 is 49.3 Å². The smallest absolute Gasteiger partial charge is 0.305 e. The lowest BCUT2D eigenvalue weighted by molar-refractivity contribution is -0.302. The number of nitrogens with one attached hydrogen (secondary N) is 1. The lowest BCUT2D eigenvalue weighted by atomic mass is 9.99. The second kappa shape index (κ2) is 44.1. The highest BCUT2D eigenvalue weighted by molar-refractivity contribution is 5.76. The van der Waals surface area contributed by atoms with Crippen molar-refractivity contribution >= 4 is 11.9 Å². The Bertz CT molecular complexity index is 1220. The summed E-state index contributed by atoms with van der Waals surface area (Å²) in [5, 5.41) is 54.0. The van der Waals surface area contributed by atoms with Crippen molar-refractivity contribution in [3.63, 3.8) is 0 Å². The Balaban J connectivity index is 2.14. The third-order valence-electron chi connectivity index (χ3n) is 12.1. The van der Waals surface area contributed by atoms with Gasteiger partial charge >= 0.3 is 5.97 Å². The van der Waals surface area contributed by atoms with Crippen LogP contribution in [0.2, 0.25) is 0 Å². The Hall–Kier alpha value is -2.38. The number of allylic oxidation sites excluding steroid dienone is 7. The number of hydrogen-bond donors (Lipinski definition) is 6. The molecule has 7 atom stereocenters. The molecule has 1 fully saturated rings. The summed E-state index contributed by atoms with van der Waals surface area (Å²) in [4.78, 5) is 25.0. The molecule has 0 bridgehead atoms. The molecule has 0 aromatic carbocycles. The van der Waals surface area contributed by atoms with Crippen LogP contribution in [-0.2, 0) is 23.8 Å². The van der Waals surface area contributed by atoms with Crippen molar-refractivity contribution in [2.75, 3.05) is 19.8 Å². The van der Waals surface area contributed by atoms with Crippen LogP contribution in [0.15, 0.2) is 48.6 Å². The zero-order valence-corrected chi connectivity index (χ0v) is 41.2. The van der Waals surface area contributed by atoms with Crippen LogP contribution >= 0.6 is 0 Å². The first kappa shape index (κ1) is 60.6.